The quantitative estimate of drug-likeness (QED) is 0.737. The van der Waals surface area contributed by atoms with Crippen molar-refractivity contribution in [3.8, 4) is 11.1 Å². The summed E-state index contributed by atoms with van der Waals surface area (Å²) in [7, 11) is 0. The summed E-state index contributed by atoms with van der Waals surface area (Å²) in [5.41, 5.74) is 4.91. The van der Waals surface area contributed by atoms with Crippen molar-refractivity contribution in [2.75, 3.05) is 19.7 Å². The number of fused-ring (bicyclic) bond motifs is 1. The van der Waals surface area contributed by atoms with Crippen LogP contribution in [-0.2, 0) is 0 Å². The first-order valence-electron chi connectivity index (χ1n) is 9.50. The molecule has 2 N–H and O–H groups in total. The van der Waals surface area contributed by atoms with Crippen LogP contribution in [0, 0.1) is 13.8 Å². The molecule has 1 aromatic heterocycles. The number of benzene rings is 2. The van der Waals surface area contributed by atoms with E-state index in [-0.39, 0.29) is 19.1 Å². The summed E-state index contributed by atoms with van der Waals surface area (Å²) in [6.07, 6.45) is 2.22. The Kier molecular flexibility index (Phi) is 4.65. The predicted octanol–water partition coefficient (Wildman–Crippen LogP) is 3.09. The van der Waals surface area contributed by atoms with Crippen LogP contribution in [0.2, 0.25) is 0 Å². The lowest BCUT2D eigenvalue weighted by atomic mass is 9.97. The summed E-state index contributed by atoms with van der Waals surface area (Å²) in [6, 6.07) is 13.7. The van der Waals surface area contributed by atoms with Crippen LogP contribution in [0.5, 0.6) is 0 Å². The summed E-state index contributed by atoms with van der Waals surface area (Å²) < 4.78 is 0. The molecule has 0 aliphatic carbocycles. The van der Waals surface area contributed by atoms with Gasteiger partial charge in [-0.2, -0.15) is 0 Å². The zero-order chi connectivity index (χ0) is 19.9. The van der Waals surface area contributed by atoms with Crippen LogP contribution in [0.3, 0.4) is 0 Å². The van der Waals surface area contributed by atoms with Gasteiger partial charge in [0.05, 0.1) is 18.7 Å². The molecule has 3 aromatic rings. The molecule has 0 saturated carbocycles. The molecule has 1 saturated heterocycles. The lowest BCUT2D eigenvalue weighted by Crippen LogP contribution is -2.38. The van der Waals surface area contributed by atoms with E-state index in [9.17, 15) is 15.0 Å². The minimum Gasteiger partial charge on any atom is -0.393 e. The summed E-state index contributed by atoms with van der Waals surface area (Å²) in [6.45, 7) is 4.45. The topological polar surface area (TPSA) is 73.7 Å². The van der Waals surface area contributed by atoms with E-state index in [1.807, 2.05) is 36.5 Å². The van der Waals surface area contributed by atoms with Crippen molar-refractivity contribution >= 4 is 16.8 Å². The summed E-state index contributed by atoms with van der Waals surface area (Å²) >= 11 is 0. The number of rotatable bonds is 3. The largest absolute Gasteiger partial charge is 0.393 e. The maximum atomic E-state index is 12.7. The molecular formula is C23H24N2O3. The molecule has 1 fully saturated rings. The molecule has 4 rings (SSSR count). The molecular weight excluding hydrogens is 352 g/mol. The van der Waals surface area contributed by atoms with Crippen molar-refractivity contribution in [1.82, 2.24) is 9.88 Å². The van der Waals surface area contributed by atoms with Gasteiger partial charge in [-0.3, -0.25) is 9.78 Å². The standard InChI is InChI=1S/C23H24N2O3/c1-15-3-8-20-19(9-11-24-21(20)16(15)2)17-4-6-18(7-5-17)22(27)25-12-10-23(28,13-25)14-26/h3-9,11,26,28H,10,12-14H2,1-2H3. The zero-order valence-electron chi connectivity index (χ0n) is 16.1. The SMILES string of the molecule is Cc1ccc2c(-c3ccc(C(=O)N4CCC(O)(CO)C4)cc3)ccnc2c1C. The van der Waals surface area contributed by atoms with Crippen molar-refractivity contribution in [3.63, 3.8) is 0 Å². The summed E-state index contributed by atoms with van der Waals surface area (Å²) in [5, 5.41) is 20.5. The first-order chi connectivity index (χ1) is 13.4. The Morgan fingerprint density at radius 2 is 1.89 bits per heavy atom. The van der Waals surface area contributed by atoms with E-state index in [1.54, 1.807) is 4.90 Å². The fraction of sp³-hybridized carbons (Fsp3) is 0.304. The number of carbonyl (C=O) groups is 1. The number of hydrogen-bond donors (Lipinski definition) is 2. The Bertz CT molecular complexity index is 1050. The van der Waals surface area contributed by atoms with Crippen LogP contribution in [-0.4, -0.2) is 51.3 Å². The fourth-order valence-corrected chi connectivity index (χ4v) is 3.85. The third-order valence-electron chi connectivity index (χ3n) is 5.79. The van der Waals surface area contributed by atoms with Crippen molar-refractivity contribution in [1.29, 1.82) is 0 Å². The highest BCUT2D eigenvalue weighted by molar-refractivity contribution is 5.98. The number of carbonyl (C=O) groups excluding carboxylic acids is 1. The van der Waals surface area contributed by atoms with Gasteiger partial charge in [0.1, 0.15) is 5.60 Å². The van der Waals surface area contributed by atoms with Gasteiger partial charge in [-0.1, -0.05) is 24.3 Å². The molecule has 2 aromatic carbocycles. The molecule has 1 amide bonds. The third kappa shape index (κ3) is 3.17. The monoisotopic (exact) mass is 376 g/mol. The predicted molar refractivity (Wildman–Crippen MR) is 109 cm³/mol. The number of nitrogens with zero attached hydrogens (tertiary/aromatic N) is 2. The van der Waals surface area contributed by atoms with E-state index in [0.717, 1.165) is 22.0 Å². The average Bonchev–Trinajstić information content (AvgIpc) is 3.13. The van der Waals surface area contributed by atoms with Crippen LogP contribution in [0.15, 0.2) is 48.7 Å². The normalized spacial score (nSPS) is 19.4. The number of aryl methyl sites for hydroxylation is 2. The number of aliphatic hydroxyl groups excluding tert-OH is 1. The van der Waals surface area contributed by atoms with Gasteiger partial charge in [-0.15, -0.1) is 0 Å². The summed E-state index contributed by atoms with van der Waals surface area (Å²) in [5.74, 6) is -0.123. The second-order valence-corrected chi connectivity index (χ2v) is 7.70. The Morgan fingerprint density at radius 1 is 1.14 bits per heavy atom. The Balaban J connectivity index is 1.63. The molecule has 2 heterocycles. The van der Waals surface area contributed by atoms with E-state index in [2.05, 4.69) is 31.0 Å². The second kappa shape index (κ2) is 7.00. The summed E-state index contributed by atoms with van der Waals surface area (Å²) in [4.78, 5) is 18.9. The van der Waals surface area contributed by atoms with Crippen LogP contribution >= 0.6 is 0 Å². The highest BCUT2D eigenvalue weighted by atomic mass is 16.3. The van der Waals surface area contributed by atoms with Gasteiger partial charge < -0.3 is 15.1 Å². The van der Waals surface area contributed by atoms with E-state index >= 15 is 0 Å². The van der Waals surface area contributed by atoms with Crippen molar-refractivity contribution in [2.24, 2.45) is 0 Å². The molecule has 5 heteroatoms. The maximum Gasteiger partial charge on any atom is 0.253 e. The number of likely N-dealkylation sites (tertiary alicyclic amines) is 1. The van der Waals surface area contributed by atoms with Crippen molar-refractivity contribution < 1.29 is 15.0 Å². The minimum absolute atomic E-state index is 0.123. The molecule has 0 radical (unpaired) electrons. The van der Waals surface area contributed by atoms with E-state index in [1.165, 1.54) is 11.1 Å². The number of β-amino-alcohol motifs (C(OH)–C–C–N with tert-alkyl or cyclic N) is 1. The first-order valence-corrected chi connectivity index (χ1v) is 9.50. The molecule has 1 aliphatic rings. The minimum atomic E-state index is -1.18. The van der Waals surface area contributed by atoms with Gasteiger partial charge >= 0.3 is 0 Å². The molecule has 5 nitrogen and oxygen atoms in total. The van der Waals surface area contributed by atoms with Gasteiger partial charge in [0.25, 0.3) is 5.91 Å². The smallest absolute Gasteiger partial charge is 0.253 e. The molecule has 1 atom stereocenters. The molecule has 1 unspecified atom stereocenters. The number of hydrogen-bond acceptors (Lipinski definition) is 4. The molecule has 0 spiro atoms. The van der Waals surface area contributed by atoms with Crippen LogP contribution in [0.25, 0.3) is 22.0 Å². The van der Waals surface area contributed by atoms with Gasteiger partial charge in [0.15, 0.2) is 0 Å². The highest BCUT2D eigenvalue weighted by Gasteiger charge is 2.37. The van der Waals surface area contributed by atoms with E-state index < -0.39 is 5.60 Å². The van der Waals surface area contributed by atoms with Gasteiger partial charge in [0, 0.05) is 23.7 Å². The van der Waals surface area contributed by atoms with Crippen molar-refractivity contribution in [2.45, 2.75) is 25.9 Å². The third-order valence-corrected chi connectivity index (χ3v) is 5.79. The molecule has 0 bridgehead atoms. The van der Waals surface area contributed by atoms with Gasteiger partial charge in [0.2, 0.25) is 0 Å². The molecule has 1 aliphatic heterocycles. The first kappa shape index (κ1) is 18.6. The van der Waals surface area contributed by atoms with E-state index in [0.29, 0.717) is 18.5 Å². The van der Waals surface area contributed by atoms with Crippen LogP contribution in [0.1, 0.15) is 27.9 Å². The number of pyridine rings is 1. The lowest BCUT2D eigenvalue weighted by molar-refractivity contribution is -0.00455. The van der Waals surface area contributed by atoms with E-state index in [4.69, 9.17) is 0 Å². The van der Waals surface area contributed by atoms with Crippen LogP contribution in [0.4, 0.5) is 0 Å². The average molecular weight is 376 g/mol. The van der Waals surface area contributed by atoms with Crippen LogP contribution < -0.4 is 0 Å². The maximum absolute atomic E-state index is 12.7. The van der Waals surface area contributed by atoms with Gasteiger partial charge in [-0.05, 0) is 60.7 Å². The highest BCUT2D eigenvalue weighted by Crippen LogP contribution is 2.30. The lowest BCUT2D eigenvalue weighted by Gasteiger charge is -2.21. The Labute approximate surface area is 164 Å². The molecule has 144 valence electrons. The number of amides is 1. The second-order valence-electron chi connectivity index (χ2n) is 7.70. The van der Waals surface area contributed by atoms with Gasteiger partial charge in [-0.25, -0.2) is 0 Å². The number of aliphatic hydroxyl groups is 2. The Morgan fingerprint density at radius 3 is 2.57 bits per heavy atom. The Hall–Kier alpha value is -2.76. The zero-order valence-corrected chi connectivity index (χ0v) is 16.1. The number of aromatic nitrogens is 1. The van der Waals surface area contributed by atoms with Crippen molar-refractivity contribution in [3.05, 3.63) is 65.4 Å². The fourth-order valence-electron chi connectivity index (χ4n) is 3.85. The molecule has 28 heavy (non-hydrogen) atoms.